The molecule has 60 valence electrons. The first-order chi connectivity index (χ1) is 5.05. The first-order valence-electron chi connectivity index (χ1n) is 3.22. The van der Waals surface area contributed by atoms with Gasteiger partial charge >= 0.3 is 11.9 Å². The summed E-state index contributed by atoms with van der Waals surface area (Å²) in [6.07, 6.45) is -0.382. The van der Waals surface area contributed by atoms with Gasteiger partial charge in [-0.3, -0.25) is 0 Å². The summed E-state index contributed by atoms with van der Waals surface area (Å²) in [6, 6.07) is 0. The Balaban J connectivity index is 2.22. The van der Waals surface area contributed by atoms with E-state index in [1.165, 1.54) is 0 Å². The van der Waals surface area contributed by atoms with Crippen molar-refractivity contribution in [2.45, 2.75) is 18.9 Å². The molecule has 0 aliphatic carbocycles. The largest absolute Gasteiger partial charge is 0.432 e. The molecule has 0 spiro atoms. The predicted octanol–water partition coefficient (Wildman–Crippen LogP) is -0.926. The van der Waals surface area contributed by atoms with Gasteiger partial charge in [0, 0.05) is 0 Å². The third-order valence-corrected chi connectivity index (χ3v) is 2.13. The van der Waals surface area contributed by atoms with Crippen LogP contribution in [0.15, 0.2) is 0 Å². The van der Waals surface area contributed by atoms with E-state index in [0.29, 0.717) is 0 Å². The zero-order valence-electron chi connectivity index (χ0n) is 6.16. The van der Waals surface area contributed by atoms with Gasteiger partial charge in [-0.25, -0.2) is 14.5 Å². The fraction of sp³-hybridized carbons (Fsp3) is 0.667. The molecule has 0 radical (unpaired) electrons. The van der Waals surface area contributed by atoms with Gasteiger partial charge in [-0.1, -0.05) is 0 Å². The van der Waals surface area contributed by atoms with Crippen LogP contribution < -0.4 is 0 Å². The van der Waals surface area contributed by atoms with Gasteiger partial charge in [-0.05, 0) is 14.0 Å². The highest BCUT2D eigenvalue weighted by Crippen LogP contribution is 2.43. The molecule has 0 N–H and O–H groups in total. The van der Waals surface area contributed by atoms with Crippen LogP contribution in [0, 0.1) is 0 Å². The topological polar surface area (TPSA) is 55.6 Å². The van der Waals surface area contributed by atoms with Gasteiger partial charge in [0.25, 0.3) is 0 Å². The van der Waals surface area contributed by atoms with Gasteiger partial charge in [0.05, 0.1) is 0 Å². The maximum atomic E-state index is 10.7. The number of carbonyl (C=O) groups is 2. The van der Waals surface area contributed by atoms with Crippen LogP contribution in [0.2, 0.25) is 0 Å². The van der Waals surface area contributed by atoms with Crippen LogP contribution in [-0.4, -0.2) is 35.8 Å². The Morgan fingerprint density at radius 2 is 2.09 bits per heavy atom. The maximum absolute atomic E-state index is 10.7. The summed E-state index contributed by atoms with van der Waals surface area (Å²) < 4.78 is 9.48. The highest BCUT2D eigenvalue weighted by Gasteiger charge is 2.67. The van der Waals surface area contributed by atoms with Crippen LogP contribution in [0.5, 0.6) is 0 Å². The van der Waals surface area contributed by atoms with E-state index in [0.717, 1.165) is 0 Å². The summed E-state index contributed by atoms with van der Waals surface area (Å²) in [7, 11) is 1.72. The van der Waals surface area contributed by atoms with E-state index in [1.807, 2.05) is 0 Å². The van der Waals surface area contributed by atoms with Crippen LogP contribution in [0.4, 0.5) is 0 Å². The molecule has 0 saturated carbocycles. The van der Waals surface area contributed by atoms with Gasteiger partial charge in [-0.2, -0.15) is 0 Å². The van der Waals surface area contributed by atoms with Gasteiger partial charge in [0.1, 0.15) is 0 Å². The molecule has 2 fully saturated rings. The lowest BCUT2D eigenvalue weighted by Gasteiger charge is -2.14. The molecule has 0 aromatic carbocycles. The first-order valence-corrected chi connectivity index (χ1v) is 3.22. The quantitative estimate of drug-likeness (QED) is 0.258. The van der Waals surface area contributed by atoms with Crippen LogP contribution in [0.25, 0.3) is 0 Å². The van der Waals surface area contributed by atoms with Crippen LogP contribution in [0.1, 0.15) is 6.92 Å². The zero-order valence-corrected chi connectivity index (χ0v) is 6.16. The number of nitrogens with zero attached hydrogens (tertiary/aromatic N) is 1. The molecular formula is C6H7NO4. The van der Waals surface area contributed by atoms with Gasteiger partial charge in [0.2, 0.25) is 12.0 Å². The predicted molar refractivity (Wildman–Crippen MR) is 32.1 cm³/mol. The summed E-state index contributed by atoms with van der Waals surface area (Å²) in [4.78, 5) is 22.9. The van der Waals surface area contributed by atoms with Crippen molar-refractivity contribution in [1.29, 1.82) is 0 Å². The van der Waals surface area contributed by atoms with Gasteiger partial charge < -0.3 is 9.47 Å². The highest BCUT2D eigenvalue weighted by molar-refractivity contribution is 6.30. The molecular weight excluding hydrogens is 150 g/mol. The van der Waals surface area contributed by atoms with Crippen molar-refractivity contribution in [3.63, 3.8) is 0 Å². The zero-order chi connectivity index (χ0) is 8.22. The van der Waals surface area contributed by atoms with Crippen LogP contribution >= 0.6 is 0 Å². The molecule has 5 heteroatoms. The van der Waals surface area contributed by atoms with E-state index in [2.05, 4.69) is 0 Å². The number of hydrogen-bond donors (Lipinski definition) is 0. The Kier molecular flexibility index (Phi) is 0.933. The fourth-order valence-corrected chi connectivity index (χ4v) is 1.18. The molecule has 0 amide bonds. The van der Waals surface area contributed by atoms with Gasteiger partial charge in [-0.15, -0.1) is 0 Å². The summed E-state index contributed by atoms with van der Waals surface area (Å²) >= 11 is 0. The molecule has 11 heavy (non-hydrogen) atoms. The lowest BCUT2D eigenvalue weighted by molar-refractivity contribution is -0.184. The molecule has 3 atom stereocenters. The Bertz CT molecular complexity index is 251. The van der Waals surface area contributed by atoms with Crippen LogP contribution in [-0.2, 0) is 19.1 Å². The third kappa shape index (κ3) is 0.632. The van der Waals surface area contributed by atoms with Crippen molar-refractivity contribution in [3.8, 4) is 0 Å². The molecule has 2 saturated heterocycles. The molecule has 2 aliphatic rings. The van der Waals surface area contributed by atoms with Crippen molar-refractivity contribution < 1.29 is 19.1 Å². The molecule has 3 unspecified atom stereocenters. The average molecular weight is 157 g/mol. The van der Waals surface area contributed by atoms with Crippen molar-refractivity contribution in [2.75, 3.05) is 7.05 Å². The minimum Gasteiger partial charge on any atom is -0.432 e. The number of rotatable bonds is 0. The normalized spacial score (nSPS) is 47.5. The smallest absolute Gasteiger partial charge is 0.419 e. The van der Waals surface area contributed by atoms with E-state index in [4.69, 9.17) is 9.47 Å². The molecule has 0 aromatic rings. The standard InChI is InChI=1S/C6H7NO4/c1-6-5(7(6)2)10-3(8)4(9)11-6/h5H,1-2H3. The lowest BCUT2D eigenvalue weighted by Crippen LogP contribution is -2.35. The number of ether oxygens (including phenoxy) is 2. The fourth-order valence-electron chi connectivity index (χ4n) is 1.18. The lowest BCUT2D eigenvalue weighted by atomic mass is 10.4. The van der Waals surface area contributed by atoms with E-state index in [1.54, 1.807) is 18.9 Å². The van der Waals surface area contributed by atoms with Crippen molar-refractivity contribution in [1.82, 2.24) is 4.90 Å². The van der Waals surface area contributed by atoms with Crippen molar-refractivity contribution in [3.05, 3.63) is 0 Å². The third-order valence-electron chi connectivity index (χ3n) is 2.13. The van der Waals surface area contributed by atoms with E-state index in [9.17, 15) is 9.59 Å². The summed E-state index contributed by atoms with van der Waals surface area (Å²) in [5.41, 5.74) is -0.703. The van der Waals surface area contributed by atoms with E-state index < -0.39 is 17.7 Å². The van der Waals surface area contributed by atoms with E-state index in [-0.39, 0.29) is 6.23 Å². The minimum absolute atomic E-state index is 0.382. The molecule has 2 rings (SSSR count). The number of hydrogen-bond acceptors (Lipinski definition) is 5. The Labute approximate surface area is 62.9 Å². The Hall–Kier alpha value is -1.10. The van der Waals surface area contributed by atoms with Crippen molar-refractivity contribution >= 4 is 11.9 Å². The molecule has 0 bridgehead atoms. The summed E-state index contributed by atoms with van der Waals surface area (Å²) in [5.74, 6) is -1.81. The Morgan fingerprint density at radius 3 is 2.64 bits per heavy atom. The highest BCUT2D eigenvalue weighted by atomic mass is 16.7. The second-order valence-corrected chi connectivity index (χ2v) is 2.81. The maximum Gasteiger partial charge on any atom is 0.419 e. The molecule has 5 nitrogen and oxygen atoms in total. The van der Waals surface area contributed by atoms with Gasteiger partial charge in [0.15, 0.2) is 0 Å². The molecule has 0 aromatic heterocycles. The second-order valence-electron chi connectivity index (χ2n) is 2.81. The molecule has 2 aliphatic heterocycles. The Morgan fingerprint density at radius 1 is 1.45 bits per heavy atom. The monoisotopic (exact) mass is 157 g/mol. The first kappa shape index (κ1) is 6.60. The minimum atomic E-state index is -0.909. The number of fused-ring (bicyclic) bond motifs is 1. The summed E-state index contributed by atoms with van der Waals surface area (Å²) in [5, 5.41) is 0. The van der Waals surface area contributed by atoms with Crippen molar-refractivity contribution in [2.24, 2.45) is 0 Å². The number of esters is 2. The SMILES string of the molecule is CN1C2OC(=O)C(=O)OC21C. The number of likely N-dealkylation sites (N-methyl/N-ethyl adjacent to an activating group) is 1. The summed E-state index contributed by atoms with van der Waals surface area (Å²) in [6.45, 7) is 1.70. The number of carbonyl (C=O) groups excluding carboxylic acids is 2. The van der Waals surface area contributed by atoms with Crippen LogP contribution in [0.3, 0.4) is 0 Å². The molecule has 2 heterocycles. The second kappa shape index (κ2) is 1.55. The average Bonchev–Trinajstić information content (AvgIpc) is 2.40. The van der Waals surface area contributed by atoms with E-state index >= 15 is 0 Å².